The maximum Gasteiger partial charge on any atom is 0.0991 e. The zero-order chi connectivity index (χ0) is 11.4. The standard InChI is InChI=1S/C12H10ClN3/c13-5-12-8-16(9-15-12)7-11-3-1-10(6-14)2-4-11/h1-4,8-9H,5,7H2. The SMILES string of the molecule is N#Cc1ccc(Cn2cnc(CCl)c2)cc1. The highest BCUT2D eigenvalue weighted by molar-refractivity contribution is 6.16. The zero-order valence-electron chi connectivity index (χ0n) is 8.60. The van der Waals surface area contributed by atoms with E-state index in [4.69, 9.17) is 16.9 Å². The van der Waals surface area contributed by atoms with Crippen molar-refractivity contribution in [3.05, 3.63) is 53.6 Å². The predicted octanol–water partition coefficient (Wildman–Crippen LogP) is 2.54. The van der Waals surface area contributed by atoms with Crippen molar-refractivity contribution in [2.24, 2.45) is 0 Å². The largest absolute Gasteiger partial charge is 0.333 e. The molecule has 16 heavy (non-hydrogen) atoms. The van der Waals surface area contributed by atoms with Gasteiger partial charge in [0, 0.05) is 12.7 Å². The quantitative estimate of drug-likeness (QED) is 0.762. The lowest BCUT2D eigenvalue weighted by Gasteiger charge is -2.01. The number of halogens is 1. The van der Waals surface area contributed by atoms with Crippen LogP contribution in [0.4, 0.5) is 0 Å². The third-order valence-electron chi connectivity index (χ3n) is 2.27. The summed E-state index contributed by atoms with van der Waals surface area (Å²) >= 11 is 5.67. The Morgan fingerprint density at radius 3 is 2.62 bits per heavy atom. The summed E-state index contributed by atoms with van der Waals surface area (Å²) in [7, 11) is 0. The fraction of sp³-hybridized carbons (Fsp3) is 0.167. The Bertz CT molecular complexity index is 508. The fourth-order valence-electron chi connectivity index (χ4n) is 1.46. The molecule has 0 unspecified atom stereocenters. The number of nitriles is 1. The summed E-state index contributed by atoms with van der Waals surface area (Å²) in [4.78, 5) is 4.14. The highest BCUT2D eigenvalue weighted by atomic mass is 35.5. The molecule has 0 amide bonds. The average molecular weight is 232 g/mol. The highest BCUT2D eigenvalue weighted by Crippen LogP contribution is 2.07. The Balaban J connectivity index is 2.11. The second-order valence-electron chi connectivity index (χ2n) is 3.48. The van der Waals surface area contributed by atoms with Crippen LogP contribution in [-0.2, 0) is 12.4 Å². The molecule has 0 spiro atoms. The molecule has 0 aliphatic carbocycles. The third-order valence-corrected chi connectivity index (χ3v) is 2.55. The van der Waals surface area contributed by atoms with Crippen LogP contribution in [0.15, 0.2) is 36.8 Å². The first kappa shape index (κ1) is 10.7. The molecule has 4 heteroatoms. The normalized spacial score (nSPS) is 10.0. The van der Waals surface area contributed by atoms with E-state index in [1.165, 1.54) is 0 Å². The summed E-state index contributed by atoms with van der Waals surface area (Å²) in [5.41, 5.74) is 2.68. The van der Waals surface area contributed by atoms with Crippen molar-refractivity contribution in [2.45, 2.75) is 12.4 Å². The van der Waals surface area contributed by atoms with Crippen LogP contribution < -0.4 is 0 Å². The van der Waals surface area contributed by atoms with Crippen LogP contribution in [0.1, 0.15) is 16.8 Å². The lowest BCUT2D eigenvalue weighted by atomic mass is 10.1. The minimum atomic E-state index is 0.431. The van der Waals surface area contributed by atoms with Crippen LogP contribution in [-0.4, -0.2) is 9.55 Å². The Hall–Kier alpha value is -1.79. The topological polar surface area (TPSA) is 41.6 Å². The van der Waals surface area contributed by atoms with Crippen LogP contribution in [0.5, 0.6) is 0 Å². The van der Waals surface area contributed by atoms with Crippen molar-refractivity contribution >= 4 is 11.6 Å². The van der Waals surface area contributed by atoms with E-state index in [1.54, 1.807) is 6.33 Å². The van der Waals surface area contributed by atoms with Gasteiger partial charge in [0.1, 0.15) is 0 Å². The molecule has 1 aromatic carbocycles. The first-order chi connectivity index (χ1) is 7.81. The second kappa shape index (κ2) is 4.82. The molecular weight excluding hydrogens is 222 g/mol. The minimum Gasteiger partial charge on any atom is -0.333 e. The third kappa shape index (κ3) is 2.41. The summed E-state index contributed by atoms with van der Waals surface area (Å²) in [6, 6.07) is 9.61. The van der Waals surface area contributed by atoms with Gasteiger partial charge in [-0.05, 0) is 17.7 Å². The van der Waals surface area contributed by atoms with Crippen LogP contribution in [0.2, 0.25) is 0 Å². The van der Waals surface area contributed by atoms with Crippen LogP contribution in [0.25, 0.3) is 0 Å². The predicted molar refractivity (Wildman–Crippen MR) is 62.0 cm³/mol. The van der Waals surface area contributed by atoms with E-state index >= 15 is 0 Å². The molecule has 1 heterocycles. The first-order valence-corrected chi connectivity index (χ1v) is 5.41. The van der Waals surface area contributed by atoms with Gasteiger partial charge in [-0.25, -0.2) is 4.98 Å². The summed E-state index contributed by atoms with van der Waals surface area (Å²) in [6.07, 6.45) is 3.68. The van der Waals surface area contributed by atoms with Gasteiger partial charge < -0.3 is 4.57 Å². The molecule has 0 aliphatic rings. The lowest BCUT2D eigenvalue weighted by Crippen LogP contribution is -1.96. The number of aromatic nitrogens is 2. The monoisotopic (exact) mass is 231 g/mol. The summed E-state index contributed by atoms with van der Waals surface area (Å²) in [5, 5.41) is 8.67. The number of alkyl halides is 1. The van der Waals surface area contributed by atoms with Gasteiger partial charge in [-0.15, -0.1) is 11.6 Å². The smallest absolute Gasteiger partial charge is 0.0991 e. The van der Waals surface area contributed by atoms with Gasteiger partial charge in [-0.2, -0.15) is 5.26 Å². The number of hydrogen-bond donors (Lipinski definition) is 0. The van der Waals surface area contributed by atoms with E-state index in [1.807, 2.05) is 35.0 Å². The van der Waals surface area contributed by atoms with Crippen molar-refractivity contribution in [1.82, 2.24) is 9.55 Å². The Morgan fingerprint density at radius 1 is 1.31 bits per heavy atom. The van der Waals surface area contributed by atoms with E-state index in [0.29, 0.717) is 11.4 Å². The highest BCUT2D eigenvalue weighted by Gasteiger charge is 1.98. The molecule has 0 bridgehead atoms. The number of rotatable bonds is 3. The van der Waals surface area contributed by atoms with E-state index in [9.17, 15) is 0 Å². The van der Waals surface area contributed by atoms with Crippen molar-refractivity contribution < 1.29 is 0 Å². The second-order valence-corrected chi connectivity index (χ2v) is 3.75. The van der Waals surface area contributed by atoms with Crippen molar-refractivity contribution in [3.63, 3.8) is 0 Å². The molecule has 0 aliphatic heterocycles. The molecule has 0 radical (unpaired) electrons. The fourth-order valence-corrected chi connectivity index (χ4v) is 1.60. The van der Waals surface area contributed by atoms with Gasteiger partial charge in [-0.1, -0.05) is 12.1 Å². The molecule has 2 aromatic rings. The number of hydrogen-bond acceptors (Lipinski definition) is 2. The zero-order valence-corrected chi connectivity index (χ0v) is 9.35. The maximum absolute atomic E-state index is 8.67. The first-order valence-electron chi connectivity index (χ1n) is 4.87. The average Bonchev–Trinajstić information content (AvgIpc) is 2.78. The van der Waals surface area contributed by atoms with Gasteiger partial charge in [0.15, 0.2) is 0 Å². The summed E-state index contributed by atoms with van der Waals surface area (Å²) in [5.74, 6) is 0.431. The molecule has 80 valence electrons. The Labute approximate surface area is 98.9 Å². The van der Waals surface area contributed by atoms with E-state index < -0.39 is 0 Å². The molecule has 1 aromatic heterocycles. The van der Waals surface area contributed by atoms with Crippen molar-refractivity contribution in [2.75, 3.05) is 0 Å². The number of nitrogens with zero attached hydrogens (tertiary/aromatic N) is 3. The molecule has 0 saturated carbocycles. The summed E-state index contributed by atoms with van der Waals surface area (Å²) < 4.78 is 1.97. The molecule has 0 fully saturated rings. The molecular formula is C12H10ClN3. The Morgan fingerprint density at radius 2 is 2.06 bits per heavy atom. The Kier molecular flexibility index (Phi) is 3.23. The molecule has 0 N–H and O–H groups in total. The number of benzene rings is 1. The van der Waals surface area contributed by atoms with Gasteiger partial charge in [0.05, 0.1) is 29.5 Å². The number of imidazole rings is 1. The minimum absolute atomic E-state index is 0.431. The van der Waals surface area contributed by atoms with Crippen LogP contribution in [0.3, 0.4) is 0 Å². The van der Waals surface area contributed by atoms with Gasteiger partial charge in [0.2, 0.25) is 0 Å². The molecule has 3 nitrogen and oxygen atoms in total. The van der Waals surface area contributed by atoms with Gasteiger partial charge in [0.25, 0.3) is 0 Å². The van der Waals surface area contributed by atoms with Crippen molar-refractivity contribution in [3.8, 4) is 6.07 Å². The van der Waals surface area contributed by atoms with E-state index in [-0.39, 0.29) is 0 Å². The van der Waals surface area contributed by atoms with Gasteiger partial charge in [-0.3, -0.25) is 0 Å². The van der Waals surface area contributed by atoms with Gasteiger partial charge >= 0.3 is 0 Å². The van der Waals surface area contributed by atoms with Crippen LogP contribution in [0, 0.1) is 11.3 Å². The molecule has 2 rings (SSSR count). The molecule has 0 saturated heterocycles. The maximum atomic E-state index is 8.67. The molecule has 0 atom stereocenters. The van der Waals surface area contributed by atoms with Crippen LogP contribution >= 0.6 is 11.6 Å². The summed E-state index contributed by atoms with van der Waals surface area (Å²) in [6.45, 7) is 0.746. The lowest BCUT2D eigenvalue weighted by molar-refractivity contribution is 0.796. The van der Waals surface area contributed by atoms with E-state index in [0.717, 1.165) is 17.8 Å². The van der Waals surface area contributed by atoms with E-state index in [2.05, 4.69) is 11.1 Å². The van der Waals surface area contributed by atoms with Crippen molar-refractivity contribution in [1.29, 1.82) is 5.26 Å².